The first kappa shape index (κ1) is 18.8. The highest BCUT2D eigenvalue weighted by atomic mass is 19.4. The Balaban J connectivity index is 2.01. The Morgan fingerprint density at radius 3 is 2.61 bits per heavy atom. The molecule has 4 nitrogen and oxygen atoms in total. The molecule has 4 rings (SSSR count). The molecule has 0 aromatic carbocycles. The third kappa shape index (κ3) is 2.37. The van der Waals surface area contributed by atoms with Crippen LogP contribution in [0.4, 0.5) is 22.0 Å². The molecule has 1 aromatic rings. The highest BCUT2D eigenvalue weighted by Gasteiger charge is 2.60. The van der Waals surface area contributed by atoms with Crippen LogP contribution in [0, 0.1) is 11.8 Å². The molecule has 0 saturated heterocycles. The number of amides is 1. The van der Waals surface area contributed by atoms with E-state index in [2.05, 4.69) is 15.3 Å². The molecule has 28 heavy (non-hydrogen) atoms. The number of carbonyl (C=O) groups is 1. The van der Waals surface area contributed by atoms with Crippen molar-refractivity contribution in [3.8, 4) is 0 Å². The van der Waals surface area contributed by atoms with E-state index in [1.807, 2.05) is 0 Å². The molecular formula is C19H16F5N3O. The molecule has 1 N–H and O–H groups in total. The van der Waals surface area contributed by atoms with Gasteiger partial charge in [-0.25, -0.2) is 13.8 Å². The van der Waals surface area contributed by atoms with Gasteiger partial charge in [0, 0.05) is 30.5 Å². The number of amidine groups is 1. The number of aromatic nitrogens is 1. The third-order valence-electron chi connectivity index (χ3n) is 5.90. The van der Waals surface area contributed by atoms with Gasteiger partial charge in [-0.2, -0.15) is 18.2 Å². The fourth-order valence-corrected chi connectivity index (χ4v) is 4.65. The Hall–Kier alpha value is -2.58. The molecular weight excluding hydrogens is 381 g/mol. The molecule has 1 fully saturated rings. The van der Waals surface area contributed by atoms with Crippen molar-refractivity contribution >= 4 is 11.7 Å². The van der Waals surface area contributed by atoms with Gasteiger partial charge in [-0.3, -0.25) is 4.79 Å². The number of hydrogen-bond acceptors (Lipinski definition) is 3. The highest BCUT2D eigenvalue weighted by Crippen LogP contribution is 2.58. The highest BCUT2D eigenvalue weighted by molar-refractivity contribution is 6.12. The standard InChI is InChI=1S/C19H16F5N3O/c1-8-11(20)7-12(21)9-5-6-18(14(8)9)15-10(16(25-2)27-17(18)28)3-4-13(26-15)19(22,23)24/h3-4,7-8,14H,5-6H2,1-2H3,(H,25,27,28)/t8?,14?,18-/m0/s1. The molecule has 1 spiro atoms. The minimum atomic E-state index is -4.72. The van der Waals surface area contributed by atoms with Crippen LogP contribution in [-0.4, -0.2) is 23.8 Å². The van der Waals surface area contributed by atoms with Gasteiger partial charge in [-0.05, 0) is 30.5 Å². The minimum absolute atomic E-state index is 0.0204. The maximum absolute atomic E-state index is 14.4. The van der Waals surface area contributed by atoms with Crippen molar-refractivity contribution in [2.75, 3.05) is 7.05 Å². The Morgan fingerprint density at radius 2 is 1.96 bits per heavy atom. The van der Waals surface area contributed by atoms with E-state index in [1.165, 1.54) is 20.0 Å². The van der Waals surface area contributed by atoms with Crippen molar-refractivity contribution < 1.29 is 26.7 Å². The second-order valence-electron chi connectivity index (χ2n) is 7.25. The summed E-state index contributed by atoms with van der Waals surface area (Å²) >= 11 is 0. The van der Waals surface area contributed by atoms with Gasteiger partial charge in [0.2, 0.25) is 0 Å². The van der Waals surface area contributed by atoms with Crippen LogP contribution in [0.5, 0.6) is 0 Å². The largest absolute Gasteiger partial charge is 0.433 e. The zero-order chi connectivity index (χ0) is 20.4. The lowest BCUT2D eigenvalue weighted by molar-refractivity contribution is -0.141. The summed E-state index contributed by atoms with van der Waals surface area (Å²) in [4.78, 5) is 20.9. The Kier molecular flexibility index (Phi) is 3.99. The normalized spacial score (nSPS) is 29.5. The first-order chi connectivity index (χ1) is 13.1. The Bertz CT molecular complexity index is 978. The summed E-state index contributed by atoms with van der Waals surface area (Å²) in [5.74, 6) is -4.02. The van der Waals surface area contributed by atoms with Crippen LogP contribution in [0.1, 0.15) is 36.7 Å². The third-order valence-corrected chi connectivity index (χ3v) is 5.90. The van der Waals surface area contributed by atoms with Gasteiger partial charge in [0.25, 0.3) is 5.91 Å². The van der Waals surface area contributed by atoms with E-state index >= 15 is 0 Å². The van der Waals surface area contributed by atoms with Gasteiger partial charge < -0.3 is 5.32 Å². The number of hydrogen-bond donors (Lipinski definition) is 1. The Morgan fingerprint density at radius 1 is 1.25 bits per heavy atom. The maximum Gasteiger partial charge on any atom is 0.433 e. The number of carbonyl (C=O) groups excluding carboxylic acids is 1. The predicted octanol–water partition coefficient (Wildman–Crippen LogP) is 3.98. The number of alkyl halides is 3. The van der Waals surface area contributed by atoms with Gasteiger partial charge in [-0.1, -0.05) is 6.92 Å². The van der Waals surface area contributed by atoms with Crippen LogP contribution in [-0.2, 0) is 16.4 Å². The molecule has 1 amide bonds. The molecule has 9 heteroatoms. The average molecular weight is 397 g/mol. The van der Waals surface area contributed by atoms with Crippen molar-refractivity contribution in [3.05, 3.63) is 52.4 Å². The van der Waals surface area contributed by atoms with E-state index in [-0.39, 0.29) is 35.5 Å². The first-order valence-corrected chi connectivity index (χ1v) is 8.77. The van der Waals surface area contributed by atoms with Gasteiger partial charge in [0.1, 0.15) is 28.6 Å². The van der Waals surface area contributed by atoms with Gasteiger partial charge in [-0.15, -0.1) is 0 Å². The monoisotopic (exact) mass is 397 g/mol. The zero-order valence-electron chi connectivity index (χ0n) is 15.0. The van der Waals surface area contributed by atoms with E-state index in [1.54, 1.807) is 0 Å². The van der Waals surface area contributed by atoms with Crippen molar-refractivity contribution in [1.29, 1.82) is 0 Å². The summed E-state index contributed by atoms with van der Waals surface area (Å²) in [6.07, 6.45) is -3.80. The van der Waals surface area contributed by atoms with Crippen LogP contribution < -0.4 is 5.32 Å². The lowest BCUT2D eigenvalue weighted by Gasteiger charge is -2.40. The van der Waals surface area contributed by atoms with Gasteiger partial charge in [0.05, 0.1) is 5.69 Å². The van der Waals surface area contributed by atoms with Crippen molar-refractivity contribution in [1.82, 2.24) is 10.3 Å². The number of nitrogens with zero attached hydrogens (tertiary/aromatic N) is 2. The summed E-state index contributed by atoms with van der Waals surface area (Å²) in [6.45, 7) is 1.49. The molecule has 3 atom stereocenters. The summed E-state index contributed by atoms with van der Waals surface area (Å²) in [5, 5.41) is 2.69. The molecule has 0 radical (unpaired) electrons. The van der Waals surface area contributed by atoms with Crippen LogP contribution in [0.25, 0.3) is 0 Å². The molecule has 2 unspecified atom stereocenters. The number of fused-ring (bicyclic) bond motifs is 4. The van der Waals surface area contributed by atoms with Crippen molar-refractivity contribution in [3.63, 3.8) is 0 Å². The Labute approximate surface area is 157 Å². The molecule has 1 aliphatic heterocycles. The summed E-state index contributed by atoms with van der Waals surface area (Å²) < 4.78 is 68.7. The maximum atomic E-state index is 14.4. The van der Waals surface area contributed by atoms with Gasteiger partial charge in [0.15, 0.2) is 0 Å². The van der Waals surface area contributed by atoms with Crippen molar-refractivity contribution in [2.45, 2.75) is 31.4 Å². The number of halogens is 5. The van der Waals surface area contributed by atoms with Gasteiger partial charge >= 0.3 is 6.18 Å². The minimum Gasteiger partial charge on any atom is -0.372 e. The zero-order valence-corrected chi connectivity index (χ0v) is 15.0. The molecule has 1 saturated carbocycles. The number of nitrogens with one attached hydrogen (secondary N) is 1. The van der Waals surface area contributed by atoms with Crippen LogP contribution in [0.3, 0.4) is 0 Å². The van der Waals surface area contributed by atoms with E-state index in [9.17, 15) is 26.7 Å². The molecule has 1 aromatic heterocycles. The number of rotatable bonds is 0. The molecule has 0 bridgehead atoms. The smallest absolute Gasteiger partial charge is 0.372 e. The SMILES string of the molecule is CNC1=NC(=O)[C@]2(CCC3=C(F)C=C(F)C(C)C32)c2nc(C(F)(F)F)ccc21. The topological polar surface area (TPSA) is 54.4 Å². The quantitative estimate of drug-likeness (QED) is 0.674. The van der Waals surface area contributed by atoms with Crippen molar-refractivity contribution in [2.24, 2.45) is 16.8 Å². The predicted molar refractivity (Wildman–Crippen MR) is 90.7 cm³/mol. The van der Waals surface area contributed by atoms with Crippen LogP contribution in [0.15, 0.2) is 40.4 Å². The molecule has 2 heterocycles. The molecule has 3 aliphatic rings. The fraction of sp³-hybridized carbons (Fsp3) is 0.421. The lowest BCUT2D eigenvalue weighted by Crippen LogP contribution is -2.48. The van der Waals surface area contributed by atoms with E-state index in [0.29, 0.717) is 0 Å². The average Bonchev–Trinajstić information content (AvgIpc) is 3.04. The number of pyridine rings is 1. The second-order valence-corrected chi connectivity index (χ2v) is 7.25. The summed E-state index contributed by atoms with van der Waals surface area (Å²) in [5.41, 5.74) is -2.45. The van der Waals surface area contributed by atoms with E-state index in [4.69, 9.17) is 0 Å². The number of allylic oxidation sites excluding steroid dienone is 4. The molecule has 148 valence electrons. The summed E-state index contributed by atoms with van der Waals surface area (Å²) in [7, 11) is 1.48. The van der Waals surface area contributed by atoms with E-state index in [0.717, 1.165) is 12.1 Å². The number of aliphatic imine (C=N–C) groups is 1. The lowest BCUT2D eigenvalue weighted by atomic mass is 9.64. The fourth-order valence-electron chi connectivity index (χ4n) is 4.65. The second kappa shape index (κ2) is 5.96. The first-order valence-electron chi connectivity index (χ1n) is 8.77. The molecule has 2 aliphatic carbocycles. The van der Waals surface area contributed by atoms with E-state index < -0.39 is 46.7 Å². The van der Waals surface area contributed by atoms with Crippen LogP contribution in [0.2, 0.25) is 0 Å². The van der Waals surface area contributed by atoms with Crippen LogP contribution >= 0.6 is 0 Å². The summed E-state index contributed by atoms with van der Waals surface area (Å²) in [6, 6.07) is 2.01.